The van der Waals surface area contributed by atoms with Gasteiger partial charge in [-0.25, -0.2) is 8.42 Å². The normalized spacial score (nSPS) is 13.4. The number of carbonyl (C=O) groups is 1. The molecule has 3 aromatic carbocycles. The van der Waals surface area contributed by atoms with Gasteiger partial charge < -0.3 is 4.42 Å². The Balaban J connectivity index is 1.70. The summed E-state index contributed by atoms with van der Waals surface area (Å²) in [6.45, 7) is 5.41. The molecule has 190 valence electrons. The van der Waals surface area contributed by atoms with Crippen molar-refractivity contribution < 1.29 is 22.6 Å². The lowest BCUT2D eigenvalue weighted by atomic mass is 9.96. The summed E-state index contributed by atoms with van der Waals surface area (Å²) in [7, 11) is -4.35. The summed E-state index contributed by atoms with van der Waals surface area (Å²) < 4.78 is 35.1. The average Bonchev–Trinajstić information content (AvgIpc) is 3.24. The van der Waals surface area contributed by atoms with Crippen molar-refractivity contribution in [2.24, 2.45) is 0 Å². The van der Waals surface area contributed by atoms with Gasteiger partial charge in [0.25, 0.3) is 21.6 Å². The Kier molecular flexibility index (Phi) is 6.11. The molecular weight excluding hydrogens is 492 g/mol. The van der Waals surface area contributed by atoms with Gasteiger partial charge in [-0.3, -0.25) is 14.9 Å². The van der Waals surface area contributed by atoms with E-state index in [9.17, 15) is 23.3 Å². The number of fused-ring (bicyclic) bond motifs is 3. The molecule has 9 heteroatoms. The number of aryl methyl sites for hydroxylation is 5. The zero-order valence-electron chi connectivity index (χ0n) is 20.8. The molecular formula is C28H26N2O6S. The lowest BCUT2D eigenvalue weighted by Crippen LogP contribution is -2.37. The summed E-state index contributed by atoms with van der Waals surface area (Å²) in [6.07, 6.45) is 3.69. The van der Waals surface area contributed by atoms with Crippen LogP contribution >= 0.6 is 0 Å². The third-order valence-corrected chi connectivity index (χ3v) is 8.85. The molecule has 0 radical (unpaired) electrons. The Morgan fingerprint density at radius 1 is 0.919 bits per heavy atom. The van der Waals surface area contributed by atoms with Crippen LogP contribution in [-0.4, -0.2) is 19.2 Å². The molecule has 0 saturated heterocycles. The summed E-state index contributed by atoms with van der Waals surface area (Å²) in [5.41, 5.74) is 3.95. The van der Waals surface area contributed by atoms with Gasteiger partial charge in [0, 0.05) is 35.1 Å². The van der Waals surface area contributed by atoms with Crippen molar-refractivity contribution in [1.82, 2.24) is 0 Å². The van der Waals surface area contributed by atoms with Crippen molar-refractivity contribution >= 4 is 38.3 Å². The molecule has 1 heterocycles. The summed E-state index contributed by atoms with van der Waals surface area (Å²) in [4.78, 5) is 24.4. The van der Waals surface area contributed by atoms with Gasteiger partial charge >= 0.3 is 0 Å². The molecule has 0 unspecified atom stereocenters. The molecule has 37 heavy (non-hydrogen) atoms. The topological polar surface area (TPSA) is 111 Å². The number of rotatable bonds is 5. The Labute approximate surface area is 214 Å². The number of furan rings is 1. The summed E-state index contributed by atoms with van der Waals surface area (Å²) in [5, 5.41) is 11.9. The van der Waals surface area contributed by atoms with Crippen molar-refractivity contribution in [3.63, 3.8) is 0 Å². The molecule has 5 rings (SSSR count). The second-order valence-electron chi connectivity index (χ2n) is 9.47. The minimum atomic E-state index is -4.35. The molecule has 0 atom stereocenters. The minimum Gasteiger partial charge on any atom is -0.461 e. The fraction of sp³-hybridized carbons (Fsp3) is 0.250. The lowest BCUT2D eigenvalue weighted by Gasteiger charge is -2.24. The number of nitrogens with zero attached hydrogens (tertiary/aromatic N) is 2. The van der Waals surface area contributed by atoms with Crippen LogP contribution in [0.15, 0.2) is 63.9 Å². The number of nitro groups is 1. The van der Waals surface area contributed by atoms with Gasteiger partial charge in [0.2, 0.25) is 0 Å². The largest absolute Gasteiger partial charge is 0.461 e. The van der Waals surface area contributed by atoms with E-state index < -0.39 is 20.9 Å². The summed E-state index contributed by atoms with van der Waals surface area (Å²) in [6, 6.07) is 13.2. The predicted molar refractivity (Wildman–Crippen MR) is 141 cm³/mol. The second-order valence-corrected chi connectivity index (χ2v) is 11.2. The van der Waals surface area contributed by atoms with Crippen LogP contribution in [0.25, 0.3) is 11.0 Å². The maximum Gasteiger partial charge on any atom is 0.272 e. The first-order chi connectivity index (χ1) is 17.6. The van der Waals surface area contributed by atoms with Gasteiger partial charge in [0.15, 0.2) is 0 Å². The minimum absolute atomic E-state index is 0.0185. The van der Waals surface area contributed by atoms with Crippen molar-refractivity contribution in [2.45, 2.75) is 51.3 Å². The number of carbonyl (C=O) groups excluding carboxylic acids is 1. The molecule has 1 amide bonds. The van der Waals surface area contributed by atoms with Gasteiger partial charge in [0.1, 0.15) is 11.3 Å². The number of sulfonamides is 1. The molecule has 1 aliphatic carbocycles. The second kappa shape index (κ2) is 9.15. The van der Waals surface area contributed by atoms with Crippen LogP contribution in [0.2, 0.25) is 0 Å². The molecule has 4 aromatic rings. The molecule has 0 aliphatic heterocycles. The van der Waals surface area contributed by atoms with Gasteiger partial charge in [0.05, 0.1) is 15.5 Å². The molecule has 1 aromatic heterocycles. The quantitative estimate of drug-likeness (QED) is 0.230. The molecule has 0 fully saturated rings. The average molecular weight is 519 g/mol. The number of amides is 1. The number of non-ortho nitro benzene ring substituents is 1. The molecule has 8 nitrogen and oxygen atoms in total. The van der Waals surface area contributed by atoms with E-state index >= 15 is 0 Å². The Morgan fingerprint density at radius 3 is 2.30 bits per heavy atom. The van der Waals surface area contributed by atoms with Crippen LogP contribution in [0.4, 0.5) is 11.4 Å². The van der Waals surface area contributed by atoms with E-state index in [1.54, 1.807) is 37.3 Å². The van der Waals surface area contributed by atoms with E-state index in [-0.39, 0.29) is 21.8 Å². The monoisotopic (exact) mass is 518 g/mol. The van der Waals surface area contributed by atoms with E-state index in [1.807, 2.05) is 13.8 Å². The number of hydrogen-bond acceptors (Lipinski definition) is 6. The molecule has 1 aliphatic rings. The van der Waals surface area contributed by atoms with Crippen molar-refractivity contribution in [1.29, 1.82) is 0 Å². The first-order valence-electron chi connectivity index (χ1n) is 12.0. The number of anilines is 1. The van der Waals surface area contributed by atoms with Crippen molar-refractivity contribution in [3.8, 4) is 0 Å². The SMILES string of the molecule is Cc1cc(C)c(S(=O)(=O)N(C(=O)c2ccc([N+](=O)[O-])cc2)c2ccc3oc4c(c3c2)CCCC4)cc1C. The summed E-state index contributed by atoms with van der Waals surface area (Å²) in [5.74, 6) is 0.101. The van der Waals surface area contributed by atoms with Gasteiger partial charge in [-0.1, -0.05) is 6.07 Å². The zero-order valence-corrected chi connectivity index (χ0v) is 21.6. The number of nitro benzene ring substituents is 1. The van der Waals surface area contributed by atoms with Crippen LogP contribution in [0, 0.1) is 30.9 Å². The molecule has 0 spiro atoms. The third kappa shape index (κ3) is 4.29. The highest BCUT2D eigenvalue weighted by Gasteiger charge is 2.34. The maximum atomic E-state index is 14.1. The number of benzene rings is 3. The Morgan fingerprint density at radius 2 is 1.59 bits per heavy atom. The van der Waals surface area contributed by atoms with Crippen molar-refractivity contribution in [2.75, 3.05) is 4.31 Å². The first-order valence-corrected chi connectivity index (χ1v) is 13.5. The number of hydrogen-bond donors (Lipinski definition) is 0. The van der Waals surface area contributed by atoms with Crippen LogP contribution in [0.5, 0.6) is 0 Å². The standard InChI is InChI=1S/C28H26N2O6S/c1-17-14-19(3)27(15-18(17)2)37(34,35)29(28(31)20-8-10-21(11-9-20)30(32)33)22-12-13-26-24(16-22)23-6-4-5-7-25(23)36-26/h8-16H,4-7H2,1-3H3. The van der Waals surface area contributed by atoms with Crippen LogP contribution in [0.3, 0.4) is 0 Å². The van der Waals surface area contributed by atoms with E-state index in [0.29, 0.717) is 11.1 Å². The van der Waals surface area contributed by atoms with Gasteiger partial charge in [-0.15, -0.1) is 0 Å². The highest BCUT2D eigenvalue weighted by Crippen LogP contribution is 2.36. The highest BCUT2D eigenvalue weighted by molar-refractivity contribution is 7.93. The van der Waals surface area contributed by atoms with Crippen LogP contribution < -0.4 is 4.31 Å². The zero-order chi connectivity index (χ0) is 26.5. The van der Waals surface area contributed by atoms with E-state index in [0.717, 1.165) is 57.8 Å². The van der Waals surface area contributed by atoms with Crippen LogP contribution in [-0.2, 0) is 22.9 Å². The van der Waals surface area contributed by atoms with E-state index in [2.05, 4.69) is 0 Å². The lowest BCUT2D eigenvalue weighted by molar-refractivity contribution is -0.384. The Hall–Kier alpha value is -3.98. The fourth-order valence-electron chi connectivity index (χ4n) is 4.90. The predicted octanol–water partition coefficient (Wildman–Crippen LogP) is 6.18. The van der Waals surface area contributed by atoms with Crippen LogP contribution in [0.1, 0.15) is 51.2 Å². The van der Waals surface area contributed by atoms with E-state index in [4.69, 9.17) is 4.42 Å². The highest BCUT2D eigenvalue weighted by atomic mass is 32.2. The first kappa shape index (κ1) is 24.7. The van der Waals surface area contributed by atoms with Gasteiger partial charge in [-0.2, -0.15) is 4.31 Å². The van der Waals surface area contributed by atoms with Crippen molar-refractivity contribution in [3.05, 3.63) is 98.3 Å². The van der Waals surface area contributed by atoms with E-state index in [1.165, 1.54) is 24.3 Å². The molecule has 0 bridgehead atoms. The third-order valence-electron chi connectivity index (χ3n) is 6.99. The molecule has 0 saturated carbocycles. The maximum absolute atomic E-state index is 14.1. The van der Waals surface area contributed by atoms with Gasteiger partial charge in [-0.05, 0) is 93.1 Å². The molecule has 0 N–H and O–H groups in total. The summed E-state index contributed by atoms with van der Waals surface area (Å²) >= 11 is 0. The smallest absolute Gasteiger partial charge is 0.272 e. The Bertz CT molecular complexity index is 1670. The fourth-order valence-corrected chi connectivity index (χ4v) is 6.60.